The fourth-order valence-corrected chi connectivity index (χ4v) is 1.70. The van der Waals surface area contributed by atoms with E-state index >= 15 is 0 Å². The Balaban J connectivity index is 2.42. The minimum Gasteiger partial charge on any atom is -0.388 e. The van der Waals surface area contributed by atoms with Crippen molar-refractivity contribution in [2.75, 3.05) is 5.73 Å². The standard InChI is InChI=1S/C9H12FN3O4/c1-3-5(14)6(15)8(17-3)13-2-4(10)7(11)12-9(13)16/h2-3,5-6,8,14-15H,1H3,(H2,11,12,16)/t3?,5-,6-,8?/m1/s1. The first kappa shape index (κ1) is 12.0. The third kappa shape index (κ3) is 1.90. The summed E-state index contributed by atoms with van der Waals surface area (Å²) in [6.07, 6.45) is -3.51. The molecule has 8 heteroatoms. The molecule has 1 saturated heterocycles. The van der Waals surface area contributed by atoms with Crippen molar-refractivity contribution in [2.45, 2.75) is 31.5 Å². The number of aromatic nitrogens is 2. The van der Waals surface area contributed by atoms with Gasteiger partial charge < -0.3 is 20.7 Å². The lowest BCUT2D eigenvalue weighted by Crippen LogP contribution is -2.35. The van der Waals surface area contributed by atoms with Gasteiger partial charge >= 0.3 is 5.69 Å². The zero-order valence-electron chi connectivity index (χ0n) is 8.95. The Morgan fingerprint density at radius 3 is 2.71 bits per heavy atom. The molecule has 0 bridgehead atoms. The number of aliphatic hydroxyl groups excluding tert-OH is 2. The minimum absolute atomic E-state index is 0.521. The molecule has 7 nitrogen and oxygen atoms in total. The van der Waals surface area contributed by atoms with E-state index in [4.69, 9.17) is 10.5 Å². The summed E-state index contributed by atoms with van der Waals surface area (Å²) in [5, 5.41) is 19.1. The van der Waals surface area contributed by atoms with E-state index in [0.717, 1.165) is 10.8 Å². The van der Waals surface area contributed by atoms with Gasteiger partial charge in [0.15, 0.2) is 17.9 Å². The van der Waals surface area contributed by atoms with Crippen LogP contribution in [0.1, 0.15) is 13.2 Å². The highest BCUT2D eigenvalue weighted by Crippen LogP contribution is 2.28. The second-order valence-electron chi connectivity index (χ2n) is 3.88. The molecular formula is C9H12FN3O4. The van der Waals surface area contributed by atoms with Gasteiger partial charge in [0.05, 0.1) is 12.3 Å². The van der Waals surface area contributed by atoms with Gasteiger partial charge in [0.1, 0.15) is 12.2 Å². The molecule has 4 N–H and O–H groups in total. The van der Waals surface area contributed by atoms with E-state index in [1.165, 1.54) is 6.92 Å². The van der Waals surface area contributed by atoms with E-state index < -0.39 is 41.9 Å². The molecule has 0 saturated carbocycles. The van der Waals surface area contributed by atoms with Gasteiger partial charge in [0.2, 0.25) is 0 Å². The monoisotopic (exact) mass is 245 g/mol. The lowest BCUT2D eigenvalue weighted by atomic mass is 10.1. The Bertz CT molecular complexity index is 492. The van der Waals surface area contributed by atoms with Crippen LogP contribution in [-0.2, 0) is 4.74 Å². The van der Waals surface area contributed by atoms with Crippen molar-refractivity contribution in [3.63, 3.8) is 0 Å². The summed E-state index contributed by atoms with van der Waals surface area (Å²) in [5.74, 6) is -1.42. The van der Waals surface area contributed by atoms with Gasteiger partial charge in [-0.2, -0.15) is 4.98 Å². The summed E-state index contributed by atoms with van der Waals surface area (Å²) in [7, 11) is 0. The summed E-state index contributed by atoms with van der Waals surface area (Å²) >= 11 is 0. The summed E-state index contributed by atoms with van der Waals surface area (Å²) in [5.41, 5.74) is 4.27. The lowest BCUT2D eigenvalue weighted by Gasteiger charge is -2.17. The van der Waals surface area contributed by atoms with Gasteiger partial charge in [-0.15, -0.1) is 0 Å². The summed E-state index contributed by atoms with van der Waals surface area (Å²) < 4.78 is 19.1. The largest absolute Gasteiger partial charge is 0.388 e. The second-order valence-corrected chi connectivity index (χ2v) is 3.88. The van der Waals surface area contributed by atoms with Crippen LogP contribution in [0.4, 0.5) is 10.2 Å². The quantitative estimate of drug-likeness (QED) is 0.561. The van der Waals surface area contributed by atoms with Crippen molar-refractivity contribution in [3.05, 3.63) is 22.5 Å². The van der Waals surface area contributed by atoms with Gasteiger partial charge in [-0.05, 0) is 6.92 Å². The normalized spacial score (nSPS) is 32.9. The van der Waals surface area contributed by atoms with Gasteiger partial charge in [0, 0.05) is 0 Å². The van der Waals surface area contributed by atoms with Crippen LogP contribution in [0.5, 0.6) is 0 Å². The predicted octanol–water partition coefficient (Wildman–Crippen LogP) is -1.40. The number of nitrogens with zero attached hydrogens (tertiary/aromatic N) is 2. The van der Waals surface area contributed by atoms with E-state index in [0.29, 0.717) is 0 Å². The number of aliphatic hydroxyl groups is 2. The van der Waals surface area contributed by atoms with Crippen LogP contribution in [0.2, 0.25) is 0 Å². The van der Waals surface area contributed by atoms with Crippen LogP contribution in [0.15, 0.2) is 11.0 Å². The van der Waals surface area contributed by atoms with Gasteiger partial charge in [0.25, 0.3) is 0 Å². The van der Waals surface area contributed by atoms with Crippen LogP contribution in [0, 0.1) is 5.82 Å². The summed E-state index contributed by atoms with van der Waals surface area (Å²) in [6.45, 7) is 1.53. The Kier molecular flexibility index (Phi) is 2.86. The first-order valence-electron chi connectivity index (χ1n) is 4.97. The average molecular weight is 245 g/mol. The predicted molar refractivity (Wildman–Crippen MR) is 54.5 cm³/mol. The molecule has 0 amide bonds. The first-order valence-corrected chi connectivity index (χ1v) is 4.97. The number of hydrogen-bond acceptors (Lipinski definition) is 6. The first-order chi connectivity index (χ1) is 7.91. The molecule has 1 aromatic rings. The lowest BCUT2D eigenvalue weighted by molar-refractivity contribution is -0.0355. The molecular weight excluding hydrogens is 233 g/mol. The molecule has 2 unspecified atom stereocenters. The third-order valence-electron chi connectivity index (χ3n) is 2.69. The molecule has 17 heavy (non-hydrogen) atoms. The summed E-state index contributed by atoms with van der Waals surface area (Å²) in [4.78, 5) is 14.7. The van der Waals surface area contributed by atoms with Crippen LogP contribution >= 0.6 is 0 Å². The Morgan fingerprint density at radius 1 is 1.53 bits per heavy atom. The van der Waals surface area contributed by atoms with Crippen molar-refractivity contribution in [1.82, 2.24) is 9.55 Å². The van der Waals surface area contributed by atoms with E-state index in [2.05, 4.69) is 4.98 Å². The molecule has 1 fully saturated rings. The maximum absolute atomic E-state index is 13.2. The van der Waals surface area contributed by atoms with Gasteiger partial charge in [-0.1, -0.05) is 0 Å². The van der Waals surface area contributed by atoms with E-state index in [1.807, 2.05) is 0 Å². The van der Waals surface area contributed by atoms with Crippen LogP contribution in [0.3, 0.4) is 0 Å². The molecule has 1 aliphatic heterocycles. The van der Waals surface area contributed by atoms with E-state index in [-0.39, 0.29) is 0 Å². The van der Waals surface area contributed by atoms with Crippen LogP contribution in [-0.4, -0.2) is 38.1 Å². The van der Waals surface area contributed by atoms with Crippen molar-refractivity contribution in [2.24, 2.45) is 0 Å². The highest BCUT2D eigenvalue weighted by atomic mass is 19.1. The second kappa shape index (κ2) is 4.06. The fourth-order valence-electron chi connectivity index (χ4n) is 1.70. The van der Waals surface area contributed by atoms with Gasteiger partial charge in [-0.25, -0.2) is 9.18 Å². The smallest absolute Gasteiger partial charge is 0.351 e. The molecule has 2 heterocycles. The van der Waals surface area contributed by atoms with E-state index in [9.17, 15) is 19.4 Å². The van der Waals surface area contributed by atoms with Crippen molar-refractivity contribution < 1.29 is 19.3 Å². The number of hydrogen-bond donors (Lipinski definition) is 3. The van der Waals surface area contributed by atoms with Crippen LogP contribution in [0.25, 0.3) is 0 Å². The number of halogens is 1. The molecule has 1 aromatic heterocycles. The number of anilines is 1. The van der Waals surface area contributed by atoms with Crippen LogP contribution < -0.4 is 11.4 Å². The number of nitrogens with two attached hydrogens (primary N) is 1. The minimum atomic E-state index is -1.33. The van der Waals surface area contributed by atoms with Crippen molar-refractivity contribution >= 4 is 5.82 Å². The Morgan fingerprint density at radius 2 is 2.18 bits per heavy atom. The molecule has 0 spiro atoms. The highest BCUT2D eigenvalue weighted by Gasteiger charge is 2.41. The maximum Gasteiger partial charge on any atom is 0.351 e. The molecule has 0 aliphatic carbocycles. The SMILES string of the molecule is CC1OC(n2cc(F)c(N)nc2=O)[C@H](O)[C@@H]1O. The summed E-state index contributed by atoms with van der Waals surface area (Å²) in [6, 6.07) is 0. The highest BCUT2D eigenvalue weighted by molar-refractivity contribution is 5.26. The Hall–Kier alpha value is -1.51. The Labute approximate surface area is 95.3 Å². The average Bonchev–Trinajstić information content (AvgIpc) is 2.51. The zero-order valence-corrected chi connectivity index (χ0v) is 8.95. The van der Waals surface area contributed by atoms with Gasteiger partial charge in [-0.3, -0.25) is 4.57 Å². The van der Waals surface area contributed by atoms with E-state index in [1.54, 1.807) is 0 Å². The number of rotatable bonds is 1. The molecule has 1 aliphatic rings. The molecule has 4 atom stereocenters. The molecule has 0 aromatic carbocycles. The molecule has 94 valence electrons. The number of ether oxygens (including phenoxy) is 1. The van der Waals surface area contributed by atoms with Crippen molar-refractivity contribution in [3.8, 4) is 0 Å². The fraction of sp³-hybridized carbons (Fsp3) is 0.556. The molecule has 2 rings (SSSR count). The third-order valence-corrected chi connectivity index (χ3v) is 2.69. The number of nitrogen functional groups attached to an aromatic ring is 1. The topological polar surface area (TPSA) is 111 Å². The maximum atomic E-state index is 13.2. The zero-order chi connectivity index (χ0) is 12.7. The van der Waals surface area contributed by atoms with Crippen molar-refractivity contribution in [1.29, 1.82) is 0 Å². The molecule has 0 radical (unpaired) electrons.